The lowest BCUT2D eigenvalue weighted by atomic mass is 9.94. The Morgan fingerprint density at radius 3 is 2.79 bits per heavy atom. The molecule has 2 fully saturated rings. The van der Waals surface area contributed by atoms with Crippen LogP contribution < -0.4 is 4.90 Å². The fourth-order valence-corrected chi connectivity index (χ4v) is 3.01. The van der Waals surface area contributed by atoms with Gasteiger partial charge in [0.2, 0.25) is 0 Å². The first-order valence-electron chi connectivity index (χ1n) is 6.57. The first kappa shape index (κ1) is 12.0. The van der Waals surface area contributed by atoms with E-state index in [0.29, 0.717) is 16.7 Å². The molecule has 1 saturated carbocycles. The molecule has 0 amide bonds. The maximum absolute atomic E-state index is 11.2. The molecule has 1 aromatic carbocycles. The molecule has 19 heavy (non-hydrogen) atoms. The van der Waals surface area contributed by atoms with E-state index in [-0.39, 0.29) is 10.6 Å². The zero-order chi connectivity index (χ0) is 13.5. The van der Waals surface area contributed by atoms with Crippen molar-refractivity contribution in [3.05, 3.63) is 33.9 Å². The van der Waals surface area contributed by atoms with E-state index in [1.165, 1.54) is 25.3 Å². The number of anilines is 1. The van der Waals surface area contributed by atoms with E-state index in [4.69, 9.17) is 5.26 Å². The summed E-state index contributed by atoms with van der Waals surface area (Å²) in [6.45, 7) is 1.79. The largest absolute Gasteiger partial charge is 0.365 e. The van der Waals surface area contributed by atoms with Crippen molar-refractivity contribution in [3.8, 4) is 6.07 Å². The molecule has 1 aromatic rings. The smallest absolute Gasteiger partial charge is 0.293 e. The molecule has 5 nitrogen and oxygen atoms in total. The number of nitro benzene ring substituents is 1. The van der Waals surface area contributed by atoms with Crippen molar-refractivity contribution < 1.29 is 4.92 Å². The van der Waals surface area contributed by atoms with Crippen LogP contribution in [0.3, 0.4) is 0 Å². The summed E-state index contributed by atoms with van der Waals surface area (Å²) in [5.74, 6) is 0. The van der Waals surface area contributed by atoms with Crippen molar-refractivity contribution in [3.63, 3.8) is 0 Å². The lowest BCUT2D eigenvalue weighted by molar-refractivity contribution is -0.384. The van der Waals surface area contributed by atoms with Gasteiger partial charge >= 0.3 is 0 Å². The molecule has 1 aliphatic carbocycles. The molecule has 0 atom stereocenters. The maximum Gasteiger partial charge on any atom is 0.293 e. The quantitative estimate of drug-likeness (QED) is 0.603. The molecule has 3 rings (SSSR count). The summed E-state index contributed by atoms with van der Waals surface area (Å²) in [7, 11) is 0. The highest BCUT2D eigenvalue weighted by molar-refractivity contribution is 5.66. The molecule has 98 valence electrons. The zero-order valence-electron chi connectivity index (χ0n) is 10.6. The van der Waals surface area contributed by atoms with Crippen molar-refractivity contribution >= 4 is 11.4 Å². The molecule has 0 radical (unpaired) electrons. The van der Waals surface area contributed by atoms with Crippen LogP contribution in [-0.4, -0.2) is 18.0 Å². The summed E-state index contributed by atoms with van der Waals surface area (Å²) < 4.78 is 0. The Morgan fingerprint density at radius 2 is 2.16 bits per heavy atom. The summed E-state index contributed by atoms with van der Waals surface area (Å²) >= 11 is 0. The fraction of sp³-hybridized carbons (Fsp3) is 0.500. The number of hydrogen-bond acceptors (Lipinski definition) is 4. The van der Waals surface area contributed by atoms with Gasteiger partial charge in [-0.3, -0.25) is 10.1 Å². The molecule has 1 spiro atoms. The van der Waals surface area contributed by atoms with Gasteiger partial charge in [0.15, 0.2) is 0 Å². The third kappa shape index (κ3) is 2.14. The number of nitriles is 1. The second-order valence-electron chi connectivity index (χ2n) is 5.60. The summed E-state index contributed by atoms with van der Waals surface area (Å²) in [5.41, 5.74) is 1.47. The van der Waals surface area contributed by atoms with Gasteiger partial charge in [-0.15, -0.1) is 0 Å². The Hall–Kier alpha value is -2.09. The van der Waals surface area contributed by atoms with Crippen LogP contribution in [0.15, 0.2) is 18.2 Å². The average molecular weight is 257 g/mol. The fourth-order valence-electron chi connectivity index (χ4n) is 3.01. The highest BCUT2D eigenvalue weighted by atomic mass is 16.6. The van der Waals surface area contributed by atoms with E-state index in [2.05, 4.69) is 4.90 Å². The molecular weight excluding hydrogens is 242 g/mol. The van der Waals surface area contributed by atoms with Crippen molar-refractivity contribution in [2.75, 3.05) is 18.0 Å². The number of piperidine rings is 1. The predicted octanol–water partition coefficient (Wildman–Crippen LogP) is 2.85. The molecule has 0 aromatic heterocycles. The first-order chi connectivity index (χ1) is 9.13. The molecule has 0 N–H and O–H groups in total. The predicted molar refractivity (Wildman–Crippen MR) is 70.9 cm³/mol. The van der Waals surface area contributed by atoms with Crippen LogP contribution in [-0.2, 0) is 0 Å². The maximum atomic E-state index is 11.2. The van der Waals surface area contributed by atoms with Gasteiger partial charge in [0.1, 0.15) is 5.69 Å². The molecule has 0 unspecified atom stereocenters. The minimum absolute atomic E-state index is 0.0525. The number of benzene rings is 1. The van der Waals surface area contributed by atoms with Crippen molar-refractivity contribution in [2.24, 2.45) is 5.41 Å². The average Bonchev–Trinajstić information content (AvgIpc) is 3.17. The van der Waals surface area contributed by atoms with Gasteiger partial charge in [-0.05, 0) is 43.2 Å². The first-order valence-corrected chi connectivity index (χ1v) is 6.57. The Balaban J connectivity index is 1.95. The molecule has 5 heteroatoms. The topological polar surface area (TPSA) is 70.2 Å². The van der Waals surface area contributed by atoms with Crippen molar-refractivity contribution in [1.82, 2.24) is 0 Å². The van der Waals surface area contributed by atoms with Crippen LogP contribution in [0.5, 0.6) is 0 Å². The molecule has 2 aliphatic rings. The molecule has 1 saturated heterocycles. The van der Waals surface area contributed by atoms with Crippen LogP contribution in [0.1, 0.15) is 31.2 Å². The van der Waals surface area contributed by atoms with E-state index >= 15 is 0 Å². The SMILES string of the molecule is N#Cc1ccc(N2CCCC3(CC3)C2)c([N+](=O)[O-])c1. The van der Waals surface area contributed by atoms with Crippen LogP contribution in [0, 0.1) is 26.9 Å². The van der Waals surface area contributed by atoms with Gasteiger partial charge < -0.3 is 4.90 Å². The van der Waals surface area contributed by atoms with Crippen molar-refractivity contribution in [1.29, 1.82) is 5.26 Å². The molecular formula is C14H15N3O2. The van der Waals surface area contributed by atoms with E-state index in [1.54, 1.807) is 12.1 Å². The van der Waals surface area contributed by atoms with Gasteiger partial charge in [0, 0.05) is 19.2 Å². The van der Waals surface area contributed by atoms with Gasteiger partial charge in [0.25, 0.3) is 5.69 Å². The highest BCUT2D eigenvalue weighted by Crippen LogP contribution is 2.53. The van der Waals surface area contributed by atoms with Gasteiger partial charge in [-0.2, -0.15) is 5.26 Å². The monoisotopic (exact) mass is 257 g/mol. The highest BCUT2D eigenvalue weighted by Gasteiger charge is 2.46. The second-order valence-corrected chi connectivity index (χ2v) is 5.60. The third-order valence-electron chi connectivity index (χ3n) is 4.26. The minimum atomic E-state index is -0.385. The Morgan fingerprint density at radius 1 is 1.37 bits per heavy atom. The number of nitrogens with zero attached hydrogens (tertiary/aromatic N) is 3. The summed E-state index contributed by atoms with van der Waals surface area (Å²) in [6, 6.07) is 6.72. The lowest BCUT2D eigenvalue weighted by Crippen LogP contribution is -2.36. The Bertz CT molecular complexity index is 573. The molecule has 1 heterocycles. The van der Waals surface area contributed by atoms with Gasteiger partial charge in [0.05, 0.1) is 16.6 Å². The minimum Gasteiger partial charge on any atom is -0.365 e. The Labute approximate surface area is 111 Å². The molecule has 0 bridgehead atoms. The second kappa shape index (κ2) is 4.23. The zero-order valence-corrected chi connectivity index (χ0v) is 10.6. The third-order valence-corrected chi connectivity index (χ3v) is 4.26. The van der Waals surface area contributed by atoms with Gasteiger partial charge in [-0.25, -0.2) is 0 Å². The normalized spacial score (nSPS) is 20.1. The Kier molecular flexibility index (Phi) is 2.67. The number of hydrogen-bond donors (Lipinski definition) is 0. The summed E-state index contributed by atoms with van der Waals surface area (Å²) in [5, 5.41) is 20.0. The van der Waals surface area contributed by atoms with Gasteiger partial charge in [-0.1, -0.05) is 0 Å². The van der Waals surface area contributed by atoms with E-state index in [0.717, 1.165) is 19.5 Å². The van der Waals surface area contributed by atoms with E-state index in [1.807, 2.05) is 6.07 Å². The van der Waals surface area contributed by atoms with Crippen LogP contribution in [0.4, 0.5) is 11.4 Å². The number of rotatable bonds is 2. The molecule has 1 aliphatic heterocycles. The number of nitro groups is 1. The van der Waals surface area contributed by atoms with Crippen molar-refractivity contribution in [2.45, 2.75) is 25.7 Å². The van der Waals surface area contributed by atoms with Crippen LogP contribution in [0.25, 0.3) is 0 Å². The van der Waals surface area contributed by atoms with E-state index in [9.17, 15) is 10.1 Å². The lowest BCUT2D eigenvalue weighted by Gasteiger charge is -2.34. The summed E-state index contributed by atoms with van der Waals surface area (Å²) in [4.78, 5) is 12.9. The van der Waals surface area contributed by atoms with Crippen LogP contribution >= 0.6 is 0 Å². The standard InChI is InChI=1S/C14H15N3O2/c15-9-11-2-3-12(13(8-11)17(18)19)16-7-1-4-14(10-16)5-6-14/h2-3,8H,1,4-7,10H2. The summed E-state index contributed by atoms with van der Waals surface area (Å²) in [6.07, 6.45) is 4.83. The van der Waals surface area contributed by atoms with Crippen LogP contribution in [0.2, 0.25) is 0 Å². The van der Waals surface area contributed by atoms with E-state index < -0.39 is 0 Å².